The van der Waals surface area contributed by atoms with Crippen molar-refractivity contribution in [3.8, 4) is 0 Å². The van der Waals surface area contributed by atoms with Gasteiger partial charge in [-0.3, -0.25) is 0 Å². The number of ether oxygens (including phenoxy) is 1. The predicted molar refractivity (Wildman–Crippen MR) is 92.6 cm³/mol. The van der Waals surface area contributed by atoms with E-state index in [1.807, 2.05) is 12.1 Å². The Morgan fingerprint density at radius 3 is 1.80 bits per heavy atom. The van der Waals surface area contributed by atoms with Gasteiger partial charge in [0.1, 0.15) is 0 Å². The molecular formula is C18H19O6P. The molecule has 2 aromatic rings. The zero-order valence-electron chi connectivity index (χ0n) is 13.6. The van der Waals surface area contributed by atoms with Gasteiger partial charge in [0.05, 0.1) is 5.92 Å². The van der Waals surface area contributed by atoms with Gasteiger partial charge < -0.3 is 14.5 Å². The smallest absolute Gasteiger partial charge is 0.431 e. The van der Waals surface area contributed by atoms with Crippen LogP contribution in [0.5, 0.6) is 0 Å². The maximum atomic E-state index is 12.0. The van der Waals surface area contributed by atoms with Gasteiger partial charge in [0.2, 0.25) is 6.29 Å². The summed E-state index contributed by atoms with van der Waals surface area (Å²) in [4.78, 5) is 30.5. The molecule has 0 saturated carbocycles. The lowest BCUT2D eigenvalue weighted by molar-refractivity contribution is -0.162. The van der Waals surface area contributed by atoms with E-state index in [1.54, 1.807) is 48.5 Å². The number of carbonyl (C=O) groups excluding carboxylic acids is 1. The summed E-state index contributed by atoms with van der Waals surface area (Å²) < 4.78 is 21.4. The highest BCUT2D eigenvalue weighted by atomic mass is 31.2. The van der Waals surface area contributed by atoms with E-state index in [4.69, 9.17) is 9.26 Å². The number of carbonyl (C=O) groups is 1. The van der Waals surface area contributed by atoms with Crippen molar-refractivity contribution in [1.29, 1.82) is 0 Å². The van der Waals surface area contributed by atoms with E-state index in [1.165, 1.54) is 6.92 Å². The molecule has 0 heterocycles. The Bertz CT molecular complexity index is 729. The molecule has 0 spiro atoms. The normalized spacial score (nSPS) is 12.6. The number of benzene rings is 2. The molecule has 0 aliphatic heterocycles. The van der Waals surface area contributed by atoms with Gasteiger partial charge >= 0.3 is 13.8 Å². The first-order valence-corrected chi connectivity index (χ1v) is 9.01. The molecule has 1 atom stereocenters. The summed E-state index contributed by atoms with van der Waals surface area (Å²) in [6, 6.07) is 17.8. The van der Waals surface area contributed by atoms with Crippen molar-refractivity contribution in [3.63, 3.8) is 0 Å². The molecule has 2 aromatic carbocycles. The average molecular weight is 362 g/mol. The van der Waals surface area contributed by atoms with Crippen LogP contribution in [-0.2, 0) is 18.6 Å². The number of phosphoric ester groups is 1. The van der Waals surface area contributed by atoms with Crippen molar-refractivity contribution in [2.24, 2.45) is 0 Å². The van der Waals surface area contributed by atoms with E-state index >= 15 is 0 Å². The van der Waals surface area contributed by atoms with Gasteiger partial charge in [-0.25, -0.2) is 13.9 Å². The van der Waals surface area contributed by atoms with E-state index in [9.17, 15) is 19.1 Å². The summed E-state index contributed by atoms with van der Waals surface area (Å²) in [5.41, 5.74) is 1.46. The molecule has 0 aromatic heterocycles. The molecule has 0 aliphatic carbocycles. The highest BCUT2D eigenvalue weighted by Crippen LogP contribution is 2.43. The molecular weight excluding hydrogens is 343 g/mol. The molecule has 0 amide bonds. The van der Waals surface area contributed by atoms with Crippen molar-refractivity contribution in [2.75, 3.05) is 0 Å². The molecule has 6 nitrogen and oxygen atoms in total. The highest BCUT2D eigenvalue weighted by molar-refractivity contribution is 7.46. The molecule has 7 heteroatoms. The van der Waals surface area contributed by atoms with Gasteiger partial charge in [0, 0.05) is 5.57 Å². The lowest BCUT2D eigenvalue weighted by Crippen LogP contribution is -2.28. The zero-order chi connectivity index (χ0) is 18.4. The average Bonchev–Trinajstić information content (AvgIpc) is 2.55. The van der Waals surface area contributed by atoms with Crippen LogP contribution in [0.15, 0.2) is 72.8 Å². The van der Waals surface area contributed by atoms with Crippen molar-refractivity contribution in [1.82, 2.24) is 0 Å². The fourth-order valence-corrected chi connectivity index (χ4v) is 2.75. The van der Waals surface area contributed by atoms with E-state index in [2.05, 4.69) is 6.58 Å². The second-order valence-electron chi connectivity index (χ2n) is 5.45. The van der Waals surface area contributed by atoms with Crippen LogP contribution >= 0.6 is 7.82 Å². The topological polar surface area (TPSA) is 93.1 Å². The molecule has 0 radical (unpaired) electrons. The van der Waals surface area contributed by atoms with Gasteiger partial charge in [0.15, 0.2) is 0 Å². The van der Waals surface area contributed by atoms with Crippen molar-refractivity contribution >= 4 is 13.8 Å². The first-order chi connectivity index (χ1) is 11.8. The number of hydrogen-bond donors (Lipinski definition) is 2. The lowest BCUT2D eigenvalue weighted by atomic mass is 9.91. The fraction of sp³-hybridized carbons (Fsp3) is 0.167. The number of rotatable bonds is 7. The van der Waals surface area contributed by atoms with Crippen molar-refractivity contribution in [3.05, 3.63) is 83.9 Å². The van der Waals surface area contributed by atoms with Crippen LogP contribution in [0, 0.1) is 0 Å². The van der Waals surface area contributed by atoms with Gasteiger partial charge in [-0.05, 0) is 18.1 Å². The summed E-state index contributed by atoms with van der Waals surface area (Å²) in [5, 5.41) is 0. The Morgan fingerprint density at radius 1 is 1.00 bits per heavy atom. The van der Waals surface area contributed by atoms with Crippen molar-refractivity contribution < 1.29 is 28.4 Å². The van der Waals surface area contributed by atoms with E-state index in [0.717, 1.165) is 0 Å². The largest absolute Gasteiger partial charge is 0.472 e. The quantitative estimate of drug-likeness (QED) is 0.339. The van der Waals surface area contributed by atoms with E-state index in [-0.39, 0.29) is 5.57 Å². The van der Waals surface area contributed by atoms with Crippen LogP contribution < -0.4 is 0 Å². The maximum absolute atomic E-state index is 12.0. The molecule has 25 heavy (non-hydrogen) atoms. The van der Waals surface area contributed by atoms with Crippen LogP contribution in [0.1, 0.15) is 24.0 Å². The Morgan fingerprint density at radius 2 is 1.44 bits per heavy atom. The maximum Gasteiger partial charge on any atom is 0.472 e. The van der Waals surface area contributed by atoms with Crippen LogP contribution in [0.2, 0.25) is 0 Å². The molecule has 2 N–H and O–H groups in total. The predicted octanol–water partition coefficient (Wildman–Crippen LogP) is 3.37. The van der Waals surface area contributed by atoms with Crippen LogP contribution in [0.25, 0.3) is 0 Å². The van der Waals surface area contributed by atoms with Gasteiger partial charge in [-0.2, -0.15) is 0 Å². The minimum Gasteiger partial charge on any atom is -0.431 e. The monoisotopic (exact) mass is 362 g/mol. The Balaban J connectivity index is 2.50. The van der Waals surface area contributed by atoms with Crippen LogP contribution in [0.4, 0.5) is 0 Å². The summed E-state index contributed by atoms with van der Waals surface area (Å²) in [6.07, 6.45) is -1.52. The summed E-state index contributed by atoms with van der Waals surface area (Å²) in [5.74, 6) is -1.52. The van der Waals surface area contributed by atoms with Crippen LogP contribution in [0.3, 0.4) is 0 Å². The molecule has 132 valence electrons. The first kappa shape index (κ1) is 19.1. The van der Waals surface area contributed by atoms with E-state index < -0.39 is 26.0 Å². The summed E-state index contributed by atoms with van der Waals surface area (Å²) >= 11 is 0. The molecule has 0 bridgehead atoms. The summed E-state index contributed by atoms with van der Waals surface area (Å²) in [7, 11) is -4.91. The first-order valence-electron chi connectivity index (χ1n) is 7.48. The van der Waals surface area contributed by atoms with Gasteiger partial charge in [-0.15, -0.1) is 0 Å². The third-order valence-corrected chi connectivity index (χ3v) is 3.88. The standard InChI is InChI=1S/C18H19O6P/c1-13(2)17(19)23-18(24-25(20,21)22)16(14-9-5-3-6-10-14)15-11-7-4-8-12-15/h3-12,16,18H,1H2,2H3,(H2,20,21,22). The molecule has 0 aliphatic rings. The Hall–Kier alpha value is -2.24. The Kier molecular flexibility index (Phi) is 6.28. The SMILES string of the molecule is C=C(C)C(=O)OC(OP(=O)(O)O)C(c1ccccc1)c1ccccc1. The van der Waals surface area contributed by atoms with Crippen LogP contribution in [-0.4, -0.2) is 22.0 Å². The molecule has 0 fully saturated rings. The van der Waals surface area contributed by atoms with E-state index in [0.29, 0.717) is 11.1 Å². The molecule has 2 rings (SSSR count). The summed E-state index contributed by atoms with van der Waals surface area (Å²) in [6.45, 7) is 4.93. The number of esters is 1. The van der Waals surface area contributed by atoms with Gasteiger partial charge in [-0.1, -0.05) is 67.2 Å². The second kappa shape index (κ2) is 8.23. The fourth-order valence-electron chi connectivity index (χ4n) is 2.32. The Labute approximate surface area is 146 Å². The third kappa shape index (κ3) is 5.66. The molecule has 1 unspecified atom stereocenters. The second-order valence-corrected chi connectivity index (χ2v) is 6.64. The zero-order valence-corrected chi connectivity index (χ0v) is 14.5. The third-order valence-electron chi connectivity index (χ3n) is 3.40. The molecule has 0 saturated heterocycles. The highest BCUT2D eigenvalue weighted by Gasteiger charge is 2.35. The van der Waals surface area contributed by atoms with Crippen molar-refractivity contribution in [2.45, 2.75) is 19.1 Å². The van der Waals surface area contributed by atoms with Gasteiger partial charge in [0.25, 0.3) is 0 Å². The minimum atomic E-state index is -4.91. The number of hydrogen-bond acceptors (Lipinski definition) is 4. The lowest BCUT2D eigenvalue weighted by Gasteiger charge is -2.27. The number of phosphoric acid groups is 1. The minimum absolute atomic E-state index is 0.0965.